The van der Waals surface area contributed by atoms with E-state index in [1.807, 2.05) is 36.4 Å². The monoisotopic (exact) mass is 242 g/mol. The number of hydrogen-bond acceptors (Lipinski definition) is 3. The van der Waals surface area contributed by atoms with Crippen LogP contribution in [-0.2, 0) is 0 Å². The van der Waals surface area contributed by atoms with Crippen LogP contribution in [0, 0.1) is 0 Å². The summed E-state index contributed by atoms with van der Waals surface area (Å²) < 4.78 is 5.29. The van der Waals surface area contributed by atoms with Crippen LogP contribution in [0.1, 0.15) is 10.4 Å². The minimum Gasteiger partial charge on any atom is -0.491 e. The SMILES string of the molecule is O=Cc1ccc(-c2ccc(OCCO)cc2)cc1. The zero-order valence-electron chi connectivity index (χ0n) is 9.87. The molecule has 0 fully saturated rings. The fraction of sp³-hybridized carbons (Fsp3) is 0.133. The summed E-state index contributed by atoms with van der Waals surface area (Å²) in [5, 5.41) is 8.66. The fourth-order valence-corrected chi connectivity index (χ4v) is 1.66. The molecule has 0 bridgehead atoms. The number of hydrogen-bond donors (Lipinski definition) is 1. The topological polar surface area (TPSA) is 46.5 Å². The van der Waals surface area contributed by atoms with E-state index in [1.165, 1.54) is 0 Å². The van der Waals surface area contributed by atoms with E-state index in [0.29, 0.717) is 12.2 Å². The molecule has 0 aromatic heterocycles. The van der Waals surface area contributed by atoms with Crippen LogP contribution < -0.4 is 4.74 Å². The van der Waals surface area contributed by atoms with E-state index >= 15 is 0 Å². The fourth-order valence-electron chi connectivity index (χ4n) is 1.66. The predicted molar refractivity (Wildman–Crippen MR) is 69.8 cm³/mol. The number of carbonyl (C=O) groups is 1. The number of aliphatic hydroxyl groups excluding tert-OH is 1. The third-order valence-electron chi connectivity index (χ3n) is 2.59. The zero-order valence-corrected chi connectivity index (χ0v) is 9.87. The molecule has 0 aliphatic carbocycles. The molecule has 2 rings (SSSR count). The molecule has 0 heterocycles. The van der Waals surface area contributed by atoms with Crippen molar-refractivity contribution in [3.8, 4) is 16.9 Å². The Bertz CT molecular complexity index is 500. The van der Waals surface area contributed by atoms with E-state index < -0.39 is 0 Å². The molecule has 2 aromatic carbocycles. The van der Waals surface area contributed by atoms with Crippen molar-refractivity contribution in [2.45, 2.75) is 0 Å². The van der Waals surface area contributed by atoms with Crippen LogP contribution in [0.5, 0.6) is 5.75 Å². The van der Waals surface area contributed by atoms with Crippen LogP contribution in [0.25, 0.3) is 11.1 Å². The van der Waals surface area contributed by atoms with Gasteiger partial charge in [0.1, 0.15) is 18.6 Å². The Balaban J connectivity index is 2.14. The van der Waals surface area contributed by atoms with Crippen molar-refractivity contribution in [2.24, 2.45) is 0 Å². The Hall–Kier alpha value is -2.13. The normalized spacial score (nSPS) is 10.1. The summed E-state index contributed by atoms with van der Waals surface area (Å²) in [6.45, 7) is 0.308. The first-order valence-electron chi connectivity index (χ1n) is 5.73. The molecule has 0 unspecified atom stereocenters. The van der Waals surface area contributed by atoms with Crippen molar-refractivity contribution in [1.29, 1.82) is 0 Å². The molecule has 1 N–H and O–H groups in total. The van der Waals surface area contributed by atoms with Gasteiger partial charge >= 0.3 is 0 Å². The highest BCUT2D eigenvalue weighted by atomic mass is 16.5. The molecule has 0 aliphatic heterocycles. The Morgan fingerprint density at radius 3 is 2.00 bits per heavy atom. The van der Waals surface area contributed by atoms with Crippen molar-refractivity contribution >= 4 is 6.29 Å². The first kappa shape index (κ1) is 12.3. The van der Waals surface area contributed by atoms with E-state index in [-0.39, 0.29) is 6.61 Å². The highest BCUT2D eigenvalue weighted by molar-refractivity contribution is 5.76. The average molecular weight is 242 g/mol. The number of aldehydes is 1. The summed E-state index contributed by atoms with van der Waals surface area (Å²) in [5.41, 5.74) is 2.78. The van der Waals surface area contributed by atoms with E-state index in [1.54, 1.807) is 12.1 Å². The summed E-state index contributed by atoms with van der Waals surface area (Å²) in [7, 11) is 0. The second-order valence-electron chi connectivity index (χ2n) is 3.84. The van der Waals surface area contributed by atoms with Gasteiger partial charge in [-0.25, -0.2) is 0 Å². The van der Waals surface area contributed by atoms with Crippen LogP contribution in [0.15, 0.2) is 48.5 Å². The Morgan fingerprint density at radius 2 is 1.50 bits per heavy atom. The molecule has 0 saturated carbocycles. The standard InChI is InChI=1S/C15H14O3/c16-9-10-18-15-7-5-14(6-8-15)13-3-1-12(11-17)2-4-13/h1-8,11,16H,9-10H2. The minimum atomic E-state index is 0.00884. The summed E-state index contributed by atoms with van der Waals surface area (Å²) in [4.78, 5) is 10.6. The molecular formula is C15H14O3. The molecule has 3 nitrogen and oxygen atoms in total. The molecule has 3 heteroatoms. The molecule has 0 saturated heterocycles. The highest BCUT2D eigenvalue weighted by Crippen LogP contribution is 2.22. The molecule has 0 aliphatic rings. The van der Waals surface area contributed by atoms with Gasteiger partial charge in [0.15, 0.2) is 0 Å². The number of carbonyl (C=O) groups excluding carboxylic acids is 1. The van der Waals surface area contributed by atoms with Crippen LogP contribution >= 0.6 is 0 Å². The van der Waals surface area contributed by atoms with E-state index in [9.17, 15) is 4.79 Å². The van der Waals surface area contributed by atoms with E-state index in [4.69, 9.17) is 9.84 Å². The number of aliphatic hydroxyl groups is 1. The quantitative estimate of drug-likeness (QED) is 0.819. The third kappa shape index (κ3) is 2.96. The average Bonchev–Trinajstić information content (AvgIpc) is 2.46. The lowest BCUT2D eigenvalue weighted by Gasteiger charge is -2.06. The highest BCUT2D eigenvalue weighted by Gasteiger charge is 1.99. The lowest BCUT2D eigenvalue weighted by molar-refractivity contribution is 0.112. The van der Waals surface area contributed by atoms with Gasteiger partial charge in [-0.3, -0.25) is 4.79 Å². The van der Waals surface area contributed by atoms with Crippen molar-refractivity contribution < 1.29 is 14.6 Å². The second-order valence-corrected chi connectivity index (χ2v) is 3.84. The van der Waals surface area contributed by atoms with Crippen molar-refractivity contribution in [2.75, 3.05) is 13.2 Å². The smallest absolute Gasteiger partial charge is 0.150 e. The van der Waals surface area contributed by atoms with Gasteiger partial charge in [0, 0.05) is 5.56 Å². The van der Waals surface area contributed by atoms with E-state index in [0.717, 1.165) is 23.2 Å². The lowest BCUT2D eigenvalue weighted by Crippen LogP contribution is -2.01. The van der Waals surface area contributed by atoms with Gasteiger partial charge in [-0.2, -0.15) is 0 Å². The van der Waals surface area contributed by atoms with Crippen molar-refractivity contribution in [3.05, 3.63) is 54.1 Å². The Kier molecular flexibility index (Phi) is 4.10. The van der Waals surface area contributed by atoms with Crippen LogP contribution in [0.3, 0.4) is 0 Å². The van der Waals surface area contributed by atoms with Gasteiger partial charge in [-0.05, 0) is 23.3 Å². The minimum absolute atomic E-state index is 0.00884. The van der Waals surface area contributed by atoms with Crippen molar-refractivity contribution in [1.82, 2.24) is 0 Å². The largest absolute Gasteiger partial charge is 0.491 e. The molecule has 0 radical (unpaired) electrons. The van der Waals surface area contributed by atoms with Gasteiger partial charge in [0.05, 0.1) is 6.61 Å². The van der Waals surface area contributed by atoms with Gasteiger partial charge in [0.2, 0.25) is 0 Å². The molecular weight excluding hydrogens is 228 g/mol. The lowest BCUT2D eigenvalue weighted by atomic mass is 10.0. The maximum absolute atomic E-state index is 10.6. The molecule has 0 atom stereocenters. The zero-order chi connectivity index (χ0) is 12.8. The number of rotatable bonds is 5. The second kappa shape index (κ2) is 5.98. The molecule has 0 spiro atoms. The van der Waals surface area contributed by atoms with Crippen LogP contribution in [-0.4, -0.2) is 24.6 Å². The number of benzene rings is 2. The van der Waals surface area contributed by atoms with E-state index in [2.05, 4.69) is 0 Å². The summed E-state index contributed by atoms with van der Waals surface area (Å²) >= 11 is 0. The molecule has 2 aromatic rings. The van der Waals surface area contributed by atoms with Gasteiger partial charge in [-0.1, -0.05) is 36.4 Å². The van der Waals surface area contributed by atoms with Crippen molar-refractivity contribution in [3.63, 3.8) is 0 Å². The molecule has 0 amide bonds. The van der Waals surface area contributed by atoms with Gasteiger partial charge in [-0.15, -0.1) is 0 Å². The first-order valence-corrected chi connectivity index (χ1v) is 5.73. The Labute approximate surface area is 106 Å². The first-order chi connectivity index (χ1) is 8.83. The van der Waals surface area contributed by atoms with Gasteiger partial charge < -0.3 is 9.84 Å². The Morgan fingerprint density at radius 1 is 0.944 bits per heavy atom. The van der Waals surface area contributed by atoms with Gasteiger partial charge in [0.25, 0.3) is 0 Å². The molecule has 92 valence electrons. The molecule has 18 heavy (non-hydrogen) atoms. The summed E-state index contributed by atoms with van der Waals surface area (Å²) in [6.07, 6.45) is 0.829. The van der Waals surface area contributed by atoms with Crippen LogP contribution in [0.4, 0.5) is 0 Å². The maximum Gasteiger partial charge on any atom is 0.150 e. The predicted octanol–water partition coefficient (Wildman–Crippen LogP) is 2.54. The third-order valence-corrected chi connectivity index (χ3v) is 2.59. The number of ether oxygens (including phenoxy) is 1. The summed E-state index contributed by atoms with van der Waals surface area (Å²) in [6, 6.07) is 15.0. The van der Waals surface area contributed by atoms with Crippen LogP contribution in [0.2, 0.25) is 0 Å². The summed E-state index contributed by atoms with van der Waals surface area (Å²) in [5.74, 6) is 0.734. The maximum atomic E-state index is 10.6.